The molecule has 1 saturated carbocycles. The lowest BCUT2D eigenvalue weighted by Crippen LogP contribution is -2.15. The highest BCUT2D eigenvalue weighted by Crippen LogP contribution is 2.33. The van der Waals surface area contributed by atoms with E-state index < -0.39 is 5.63 Å². The quantitative estimate of drug-likeness (QED) is 0.823. The fourth-order valence-corrected chi connectivity index (χ4v) is 2.53. The number of nitrogens with one attached hydrogen (secondary N) is 1. The van der Waals surface area contributed by atoms with Gasteiger partial charge in [-0.3, -0.25) is 9.78 Å². The van der Waals surface area contributed by atoms with E-state index in [1.165, 1.54) is 18.9 Å². The van der Waals surface area contributed by atoms with Gasteiger partial charge in [-0.15, -0.1) is 0 Å². The van der Waals surface area contributed by atoms with Crippen LogP contribution in [0.5, 0.6) is 6.01 Å². The van der Waals surface area contributed by atoms with Gasteiger partial charge in [0.15, 0.2) is 6.61 Å². The Balaban J connectivity index is 1.86. The molecule has 0 aliphatic heterocycles. The molecule has 0 atom stereocenters. The van der Waals surface area contributed by atoms with Crippen LogP contribution < -0.4 is 15.9 Å². The van der Waals surface area contributed by atoms with Gasteiger partial charge in [0, 0.05) is 12.5 Å². The summed E-state index contributed by atoms with van der Waals surface area (Å²) in [5.41, 5.74) is -0.143. The zero-order chi connectivity index (χ0) is 16.9. The molecule has 126 valence electrons. The van der Waals surface area contributed by atoms with E-state index in [0.29, 0.717) is 23.3 Å². The van der Waals surface area contributed by atoms with Crippen LogP contribution in [0.2, 0.25) is 0 Å². The molecule has 0 unspecified atom stereocenters. The van der Waals surface area contributed by atoms with Crippen molar-refractivity contribution in [1.29, 1.82) is 0 Å². The monoisotopic (exact) mass is 328 g/mol. The van der Waals surface area contributed by atoms with E-state index in [0.717, 1.165) is 19.3 Å². The molecule has 1 fully saturated rings. The largest absolute Gasteiger partial charge is 0.451 e. The van der Waals surface area contributed by atoms with E-state index >= 15 is 0 Å². The van der Waals surface area contributed by atoms with Crippen LogP contribution in [0, 0.1) is 17.8 Å². The zero-order valence-electron chi connectivity index (χ0n) is 13.7. The number of aromatic amines is 1. The van der Waals surface area contributed by atoms with Crippen molar-refractivity contribution >= 4 is 11.1 Å². The molecule has 6 nitrogen and oxygen atoms in total. The van der Waals surface area contributed by atoms with Crippen molar-refractivity contribution in [3.05, 3.63) is 32.4 Å². The molecule has 1 N–H and O–H groups in total. The Labute approximate surface area is 139 Å². The van der Waals surface area contributed by atoms with Crippen LogP contribution in [0.15, 0.2) is 20.1 Å². The lowest BCUT2D eigenvalue weighted by atomic mass is 10.1. The molecule has 0 radical (unpaired) electrons. The van der Waals surface area contributed by atoms with Gasteiger partial charge in [-0.25, -0.2) is 4.79 Å². The van der Waals surface area contributed by atoms with Crippen LogP contribution in [0.1, 0.15) is 44.6 Å². The second-order valence-corrected chi connectivity index (χ2v) is 6.02. The van der Waals surface area contributed by atoms with Crippen molar-refractivity contribution in [2.45, 2.75) is 45.4 Å². The van der Waals surface area contributed by atoms with Gasteiger partial charge in [0.25, 0.3) is 5.56 Å². The molecule has 0 saturated heterocycles. The van der Waals surface area contributed by atoms with E-state index in [9.17, 15) is 9.59 Å². The lowest BCUT2D eigenvalue weighted by molar-refractivity contribution is 0.337. The minimum absolute atomic E-state index is 0.0146. The molecule has 2 aromatic heterocycles. The Morgan fingerprint density at radius 3 is 2.96 bits per heavy atom. The molecule has 1 aliphatic rings. The van der Waals surface area contributed by atoms with E-state index in [4.69, 9.17) is 9.15 Å². The average Bonchev–Trinajstić information content (AvgIpc) is 3.36. The Bertz CT molecular complexity index is 897. The minimum Gasteiger partial charge on any atom is -0.451 e. The molecule has 3 rings (SSSR count). The molecule has 6 heteroatoms. The van der Waals surface area contributed by atoms with Crippen LogP contribution in [-0.4, -0.2) is 16.6 Å². The zero-order valence-corrected chi connectivity index (χ0v) is 13.7. The SMILES string of the molecule is CCCC#CCOc1nc2oc(=O)cc(CCC3CC3)c2c(=O)[nH]1. The van der Waals surface area contributed by atoms with Crippen molar-refractivity contribution in [3.8, 4) is 17.9 Å². The molecule has 0 aromatic carbocycles. The van der Waals surface area contributed by atoms with Gasteiger partial charge in [-0.1, -0.05) is 31.6 Å². The summed E-state index contributed by atoms with van der Waals surface area (Å²) in [6.45, 7) is 2.17. The van der Waals surface area contributed by atoms with E-state index in [1.54, 1.807) is 0 Å². The lowest BCUT2D eigenvalue weighted by Gasteiger charge is -2.05. The number of hydrogen-bond donors (Lipinski definition) is 1. The summed E-state index contributed by atoms with van der Waals surface area (Å²) in [4.78, 5) is 30.8. The smallest absolute Gasteiger partial charge is 0.337 e. The number of hydrogen-bond acceptors (Lipinski definition) is 5. The number of nitrogens with zero attached hydrogens (tertiary/aromatic N) is 1. The van der Waals surface area contributed by atoms with Crippen LogP contribution >= 0.6 is 0 Å². The number of fused-ring (bicyclic) bond motifs is 1. The van der Waals surface area contributed by atoms with Gasteiger partial charge in [0.2, 0.25) is 5.71 Å². The molecule has 2 heterocycles. The number of aryl methyl sites for hydroxylation is 1. The Morgan fingerprint density at radius 2 is 2.21 bits per heavy atom. The predicted octanol–water partition coefficient (Wildman–Crippen LogP) is 2.40. The molecule has 0 spiro atoms. The first-order valence-electron chi connectivity index (χ1n) is 8.33. The van der Waals surface area contributed by atoms with Gasteiger partial charge in [0.1, 0.15) is 5.39 Å². The number of unbranched alkanes of at least 4 members (excludes halogenated alkanes) is 1. The van der Waals surface area contributed by atoms with Crippen LogP contribution in [0.3, 0.4) is 0 Å². The van der Waals surface area contributed by atoms with Gasteiger partial charge in [-0.2, -0.15) is 4.98 Å². The van der Waals surface area contributed by atoms with Gasteiger partial charge >= 0.3 is 11.6 Å². The first-order valence-corrected chi connectivity index (χ1v) is 8.33. The fraction of sp³-hybridized carbons (Fsp3) is 0.500. The summed E-state index contributed by atoms with van der Waals surface area (Å²) in [6.07, 6.45) is 5.89. The third-order valence-corrected chi connectivity index (χ3v) is 3.97. The minimum atomic E-state index is -0.500. The van der Waals surface area contributed by atoms with Gasteiger partial charge in [0.05, 0.1) is 0 Å². The summed E-state index contributed by atoms with van der Waals surface area (Å²) < 4.78 is 10.4. The van der Waals surface area contributed by atoms with Crippen molar-refractivity contribution in [3.63, 3.8) is 0 Å². The van der Waals surface area contributed by atoms with Gasteiger partial charge < -0.3 is 9.15 Å². The maximum atomic E-state index is 12.4. The highest BCUT2D eigenvalue weighted by atomic mass is 16.5. The second-order valence-electron chi connectivity index (χ2n) is 6.02. The van der Waals surface area contributed by atoms with Crippen LogP contribution in [-0.2, 0) is 6.42 Å². The van der Waals surface area contributed by atoms with Crippen molar-refractivity contribution in [2.75, 3.05) is 6.61 Å². The topological polar surface area (TPSA) is 85.2 Å². The standard InChI is InChI=1S/C18H20N2O4/c1-2-3-4-5-10-23-18-19-16(22)15-13(9-8-12-6-7-12)11-14(21)24-17(15)20-18/h11-12H,2-3,6-10H2,1H3,(H,19,20,22). The summed E-state index contributed by atoms with van der Waals surface area (Å²) in [6, 6.07) is 1.40. The molecule has 0 bridgehead atoms. The molecular weight excluding hydrogens is 308 g/mol. The Kier molecular flexibility index (Phi) is 4.99. The van der Waals surface area contributed by atoms with E-state index in [2.05, 4.69) is 21.8 Å². The van der Waals surface area contributed by atoms with Crippen LogP contribution in [0.25, 0.3) is 11.1 Å². The third-order valence-electron chi connectivity index (χ3n) is 3.97. The Hall–Kier alpha value is -2.55. The molecule has 2 aromatic rings. The highest BCUT2D eigenvalue weighted by Gasteiger charge is 2.22. The maximum Gasteiger partial charge on any atom is 0.337 e. The summed E-state index contributed by atoms with van der Waals surface area (Å²) in [5, 5.41) is 0.333. The second kappa shape index (κ2) is 7.35. The van der Waals surface area contributed by atoms with E-state index in [-0.39, 0.29) is 23.9 Å². The number of rotatable bonds is 6. The number of aromatic nitrogens is 2. The summed E-state index contributed by atoms with van der Waals surface area (Å²) in [5.74, 6) is 6.49. The molecular formula is C18H20N2O4. The highest BCUT2D eigenvalue weighted by molar-refractivity contribution is 5.75. The van der Waals surface area contributed by atoms with Crippen LogP contribution in [0.4, 0.5) is 0 Å². The van der Waals surface area contributed by atoms with Crippen molar-refractivity contribution < 1.29 is 9.15 Å². The first-order chi connectivity index (χ1) is 11.7. The third kappa shape index (κ3) is 4.05. The van der Waals surface area contributed by atoms with Gasteiger partial charge in [-0.05, 0) is 30.7 Å². The predicted molar refractivity (Wildman–Crippen MR) is 90.1 cm³/mol. The normalized spacial score (nSPS) is 13.5. The average molecular weight is 328 g/mol. The first kappa shape index (κ1) is 16.3. The van der Waals surface area contributed by atoms with Crippen molar-refractivity contribution in [1.82, 2.24) is 9.97 Å². The van der Waals surface area contributed by atoms with Crippen molar-refractivity contribution in [2.24, 2.45) is 5.92 Å². The fourth-order valence-electron chi connectivity index (χ4n) is 2.53. The molecule has 0 amide bonds. The Morgan fingerprint density at radius 1 is 1.38 bits per heavy atom. The maximum absolute atomic E-state index is 12.4. The summed E-state index contributed by atoms with van der Waals surface area (Å²) >= 11 is 0. The molecule has 1 aliphatic carbocycles. The number of H-pyrrole nitrogens is 1. The number of ether oxygens (including phenoxy) is 1. The molecule has 24 heavy (non-hydrogen) atoms. The summed E-state index contributed by atoms with van der Waals surface area (Å²) in [7, 11) is 0. The van der Waals surface area contributed by atoms with E-state index in [1.807, 2.05) is 6.92 Å².